The first-order valence-electron chi connectivity index (χ1n) is 7.53. The number of benzene rings is 2. The van der Waals surface area contributed by atoms with Crippen molar-refractivity contribution in [3.05, 3.63) is 71.3 Å². The minimum absolute atomic E-state index is 0.675. The summed E-state index contributed by atoms with van der Waals surface area (Å²) in [6.07, 6.45) is 3.48. The molecule has 1 unspecified atom stereocenters. The van der Waals surface area contributed by atoms with E-state index in [9.17, 15) is 5.11 Å². The second-order valence-corrected chi connectivity index (χ2v) is 5.49. The van der Waals surface area contributed by atoms with Crippen molar-refractivity contribution in [2.24, 2.45) is 0 Å². The topological polar surface area (TPSA) is 20.2 Å². The second kappa shape index (κ2) is 6.71. The first-order chi connectivity index (χ1) is 9.68. The van der Waals surface area contributed by atoms with Crippen LogP contribution in [0.25, 0.3) is 0 Å². The third-order valence-corrected chi connectivity index (χ3v) is 3.90. The smallest absolute Gasteiger partial charge is 0.0936 e. The molecule has 0 fully saturated rings. The van der Waals surface area contributed by atoms with Crippen LogP contribution in [-0.2, 0) is 18.4 Å². The summed E-state index contributed by atoms with van der Waals surface area (Å²) in [7, 11) is 0. The molecule has 2 aromatic rings. The fourth-order valence-electron chi connectivity index (χ4n) is 2.73. The van der Waals surface area contributed by atoms with Crippen molar-refractivity contribution in [1.29, 1.82) is 0 Å². The maximum absolute atomic E-state index is 11.1. The number of hydrogen-bond acceptors (Lipinski definition) is 1. The Morgan fingerprint density at radius 1 is 0.850 bits per heavy atom. The van der Waals surface area contributed by atoms with E-state index >= 15 is 0 Å². The van der Waals surface area contributed by atoms with Gasteiger partial charge in [0, 0.05) is 6.42 Å². The van der Waals surface area contributed by atoms with Crippen molar-refractivity contribution in [3.8, 4) is 0 Å². The zero-order chi connectivity index (χ0) is 14.4. The predicted molar refractivity (Wildman–Crippen MR) is 84.8 cm³/mol. The fraction of sp³-hybridized carbons (Fsp3) is 0.368. The van der Waals surface area contributed by atoms with Crippen LogP contribution >= 0.6 is 0 Å². The summed E-state index contributed by atoms with van der Waals surface area (Å²) in [4.78, 5) is 0. The van der Waals surface area contributed by atoms with Crippen molar-refractivity contribution < 1.29 is 5.11 Å². The lowest BCUT2D eigenvalue weighted by molar-refractivity contribution is 0.0269. The van der Waals surface area contributed by atoms with Crippen LogP contribution in [0.1, 0.15) is 43.4 Å². The standard InChI is InChI=1S/C19H24O/c1-3-14-19(20,18-8-6-5-7-9-18)15-17-12-10-16(4-2)11-13-17/h5-13,20H,3-4,14-15H2,1-2H3. The summed E-state index contributed by atoms with van der Waals surface area (Å²) in [5.41, 5.74) is 2.79. The zero-order valence-electron chi connectivity index (χ0n) is 12.5. The maximum atomic E-state index is 11.1. The van der Waals surface area contributed by atoms with Gasteiger partial charge >= 0.3 is 0 Å². The van der Waals surface area contributed by atoms with Crippen LogP contribution in [0.3, 0.4) is 0 Å². The molecule has 0 saturated carbocycles. The molecule has 0 spiro atoms. The molecule has 0 radical (unpaired) electrons. The number of hydrogen-bond donors (Lipinski definition) is 1. The lowest BCUT2D eigenvalue weighted by Gasteiger charge is -2.29. The quantitative estimate of drug-likeness (QED) is 0.819. The molecular formula is C19H24O. The molecule has 0 amide bonds. The molecule has 0 heterocycles. The second-order valence-electron chi connectivity index (χ2n) is 5.49. The predicted octanol–water partition coefficient (Wildman–Crippen LogP) is 4.48. The highest BCUT2D eigenvalue weighted by molar-refractivity contribution is 5.28. The molecule has 0 saturated heterocycles. The van der Waals surface area contributed by atoms with Gasteiger partial charge in [-0.15, -0.1) is 0 Å². The molecule has 2 rings (SSSR count). The Kier molecular flexibility index (Phi) is 4.97. The molecule has 1 nitrogen and oxygen atoms in total. The van der Waals surface area contributed by atoms with Gasteiger partial charge in [0.15, 0.2) is 0 Å². The molecule has 20 heavy (non-hydrogen) atoms. The average molecular weight is 268 g/mol. The SMILES string of the molecule is CCCC(O)(Cc1ccc(CC)cc1)c1ccccc1. The highest BCUT2D eigenvalue weighted by Gasteiger charge is 2.28. The van der Waals surface area contributed by atoms with Gasteiger partial charge in [-0.3, -0.25) is 0 Å². The number of aliphatic hydroxyl groups is 1. The normalized spacial score (nSPS) is 13.9. The highest BCUT2D eigenvalue weighted by Crippen LogP contribution is 2.30. The van der Waals surface area contributed by atoms with E-state index in [4.69, 9.17) is 0 Å². The van der Waals surface area contributed by atoms with Crippen molar-refractivity contribution in [2.45, 2.75) is 45.1 Å². The van der Waals surface area contributed by atoms with Gasteiger partial charge in [-0.05, 0) is 29.5 Å². The van der Waals surface area contributed by atoms with Crippen molar-refractivity contribution in [3.63, 3.8) is 0 Å². The average Bonchev–Trinajstić information content (AvgIpc) is 2.49. The molecule has 0 aliphatic carbocycles. The zero-order valence-corrected chi connectivity index (χ0v) is 12.5. The molecule has 0 aromatic heterocycles. The molecule has 1 N–H and O–H groups in total. The molecule has 0 aliphatic rings. The first kappa shape index (κ1) is 14.8. The van der Waals surface area contributed by atoms with Crippen LogP contribution in [0.15, 0.2) is 54.6 Å². The van der Waals surface area contributed by atoms with Gasteiger partial charge in [-0.2, -0.15) is 0 Å². The Morgan fingerprint density at radius 2 is 1.45 bits per heavy atom. The first-order valence-corrected chi connectivity index (χ1v) is 7.53. The fourth-order valence-corrected chi connectivity index (χ4v) is 2.73. The van der Waals surface area contributed by atoms with Crippen LogP contribution in [0, 0.1) is 0 Å². The van der Waals surface area contributed by atoms with Crippen molar-refractivity contribution in [1.82, 2.24) is 0 Å². The van der Waals surface area contributed by atoms with E-state index in [1.54, 1.807) is 0 Å². The summed E-state index contributed by atoms with van der Waals surface area (Å²) >= 11 is 0. The van der Waals surface area contributed by atoms with E-state index in [0.717, 1.165) is 24.8 Å². The van der Waals surface area contributed by atoms with Crippen molar-refractivity contribution in [2.75, 3.05) is 0 Å². The van der Waals surface area contributed by atoms with Gasteiger partial charge < -0.3 is 5.11 Å². The molecule has 0 aliphatic heterocycles. The molecule has 1 heteroatoms. The Labute approximate surface area is 122 Å². The van der Waals surface area contributed by atoms with E-state index < -0.39 is 5.60 Å². The van der Waals surface area contributed by atoms with Gasteiger partial charge in [0.05, 0.1) is 5.60 Å². The van der Waals surface area contributed by atoms with Gasteiger partial charge in [0.25, 0.3) is 0 Å². The van der Waals surface area contributed by atoms with Crippen LogP contribution in [-0.4, -0.2) is 5.11 Å². The summed E-state index contributed by atoms with van der Waals surface area (Å²) in [6, 6.07) is 18.6. The summed E-state index contributed by atoms with van der Waals surface area (Å²) in [5.74, 6) is 0. The van der Waals surface area contributed by atoms with Crippen LogP contribution in [0.2, 0.25) is 0 Å². The highest BCUT2D eigenvalue weighted by atomic mass is 16.3. The lowest BCUT2D eigenvalue weighted by atomic mass is 9.83. The van der Waals surface area contributed by atoms with Gasteiger partial charge in [0.2, 0.25) is 0 Å². The molecular weight excluding hydrogens is 244 g/mol. The summed E-state index contributed by atoms with van der Waals surface area (Å²) in [5, 5.41) is 11.1. The Morgan fingerprint density at radius 3 is 2.00 bits per heavy atom. The third kappa shape index (κ3) is 3.49. The van der Waals surface area contributed by atoms with E-state index in [2.05, 4.69) is 38.1 Å². The van der Waals surface area contributed by atoms with E-state index in [-0.39, 0.29) is 0 Å². The van der Waals surface area contributed by atoms with Crippen LogP contribution < -0.4 is 0 Å². The molecule has 0 bridgehead atoms. The number of aryl methyl sites for hydroxylation is 1. The van der Waals surface area contributed by atoms with Crippen LogP contribution in [0.4, 0.5) is 0 Å². The molecule has 2 aromatic carbocycles. The van der Waals surface area contributed by atoms with Gasteiger partial charge in [-0.1, -0.05) is 74.9 Å². The van der Waals surface area contributed by atoms with E-state index in [1.165, 1.54) is 11.1 Å². The lowest BCUT2D eigenvalue weighted by Crippen LogP contribution is -2.28. The molecule has 106 valence electrons. The maximum Gasteiger partial charge on any atom is 0.0936 e. The van der Waals surface area contributed by atoms with E-state index in [0.29, 0.717) is 6.42 Å². The Bertz CT molecular complexity index is 515. The largest absolute Gasteiger partial charge is 0.385 e. The van der Waals surface area contributed by atoms with Gasteiger partial charge in [0.1, 0.15) is 0 Å². The Balaban J connectivity index is 2.24. The minimum atomic E-state index is -0.760. The van der Waals surface area contributed by atoms with Crippen molar-refractivity contribution >= 4 is 0 Å². The number of rotatable bonds is 6. The summed E-state index contributed by atoms with van der Waals surface area (Å²) in [6.45, 7) is 4.28. The van der Waals surface area contributed by atoms with E-state index in [1.807, 2.05) is 30.3 Å². The molecule has 1 atom stereocenters. The third-order valence-electron chi connectivity index (χ3n) is 3.90. The monoisotopic (exact) mass is 268 g/mol. The summed E-state index contributed by atoms with van der Waals surface area (Å²) < 4.78 is 0. The van der Waals surface area contributed by atoms with Gasteiger partial charge in [-0.25, -0.2) is 0 Å². The minimum Gasteiger partial charge on any atom is -0.385 e. The Hall–Kier alpha value is -1.60. The van der Waals surface area contributed by atoms with Crippen LogP contribution in [0.5, 0.6) is 0 Å².